The predicted octanol–water partition coefficient (Wildman–Crippen LogP) is 0.552. The molecule has 0 aromatic carbocycles. The molecule has 7 heteroatoms. The number of hydrogen-bond donors (Lipinski definition) is 2. The summed E-state index contributed by atoms with van der Waals surface area (Å²) in [6.07, 6.45) is 2.60. The van der Waals surface area contributed by atoms with Crippen LogP contribution in [0.1, 0.15) is 46.7 Å². The minimum Gasteiger partial charge on any atom is -0.468 e. The molecule has 1 saturated heterocycles. The average molecular weight is 319 g/mol. The number of hydrogen-bond acceptors (Lipinski definition) is 4. The lowest BCUT2D eigenvalue weighted by molar-refractivity contribution is -0.126. The lowest BCUT2D eigenvalue weighted by Crippen LogP contribution is -2.50. The van der Waals surface area contributed by atoms with Gasteiger partial charge in [0.1, 0.15) is 18.1 Å². The van der Waals surface area contributed by atoms with Crippen LogP contribution in [0, 0.1) is 5.92 Å². The lowest BCUT2D eigenvalue weighted by Gasteiger charge is -2.31. The zero-order valence-electron chi connectivity index (χ0n) is 13.3. The number of furan rings is 1. The van der Waals surface area contributed by atoms with Gasteiger partial charge in [-0.25, -0.2) is 0 Å². The van der Waals surface area contributed by atoms with Gasteiger partial charge in [-0.2, -0.15) is 0 Å². The van der Waals surface area contributed by atoms with Crippen molar-refractivity contribution in [2.75, 3.05) is 19.6 Å². The first-order valence-electron chi connectivity index (χ1n) is 7.98. The van der Waals surface area contributed by atoms with Gasteiger partial charge in [-0.3, -0.25) is 14.4 Å². The van der Waals surface area contributed by atoms with Gasteiger partial charge in [0, 0.05) is 26.1 Å². The Kier molecular flexibility index (Phi) is 4.11. The van der Waals surface area contributed by atoms with E-state index in [0.29, 0.717) is 43.8 Å². The molecule has 2 aliphatic rings. The standard InChI is InChI=1S/C16H21N3O4/c1-9(2)13-15(21)17-5-3-7-19(13)16(22)10-8-23-11-4-6-18-14(20)12(10)11/h8-9,13H,3-7H2,1-2H3,(H,17,21)(H,18,20). The largest absolute Gasteiger partial charge is 0.468 e. The molecule has 7 nitrogen and oxygen atoms in total. The Morgan fingerprint density at radius 1 is 1.30 bits per heavy atom. The van der Waals surface area contributed by atoms with Crippen molar-refractivity contribution in [3.63, 3.8) is 0 Å². The van der Waals surface area contributed by atoms with Crippen LogP contribution in [0.4, 0.5) is 0 Å². The van der Waals surface area contributed by atoms with Crippen LogP contribution in [-0.4, -0.2) is 48.3 Å². The first-order valence-corrected chi connectivity index (χ1v) is 7.98. The Bertz CT molecular complexity index is 650. The number of nitrogens with zero attached hydrogens (tertiary/aromatic N) is 1. The highest BCUT2D eigenvalue weighted by molar-refractivity contribution is 6.09. The van der Waals surface area contributed by atoms with Crippen molar-refractivity contribution in [3.8, 4) is 0 Å². The van der Waals surface area contributed by atoms with E-state index >= 15 is 0 Å². The summed E-state index contributed by atoms with van der Waals surface area (Å²) in [7, 11) is 0. The normalized spacial score (nSPS) is 21.5. The highest BCUT2D eigenvalue weighted by Gasteiger charge is 2.37. The van der Waals surface area contributed by atoms with E-state index in [1.165, 1.54) is 6.26 Å². The Balaban J connectivity index is 1.97. The lowest BCUT2D eigenvalue weighted by atomic mass is 9.99. The van der Waals surface area contributed by atoms with E-state index in [4.69, 9.17) is 4.42 Å². The Morgan fingerprint density at radius 3 is 2.83 bits per heavy atom. The van der Waals surface area contributed by atoms with E-state index in [1.54, 1.807) is 4.90 Å². The fraction of sp³-hybridized carbons (Fsp3) is 0.562. The van der Waals surface area contributed by atoms with Crippen LogP contribution in [0.3, 0.4) is 0 Å². The van der Waals surface area contributed by atoms with Crippen LogP contribution in [-0.2, 0) is 11.2 Å². The summed E-state index contributed by atoms with van der Waals surface area (Å²) in [5.41, 5.74) is 0.561. The van der Waals surface area contributed by atoms with Crippen LogP contribution in [0.25, 0.3) is 0 Å². The Labute approximate surface area is 134 Å². The number of amides is 3. The second-order valence-corrected chi connectivity index (χ2v) is 6.29. The van der Waals surface area contributed by atoms with Crippen molar-refractivity contribution < 1.29 is 18.8 Å². The molecule has 23 heavy (non-hydrogen) atoms. The van der Waals surface area contributed by atoms with Crippen LogP contribution < -0.4 is 10.6 Å². The van der Waals surface area contributed by atoms with Crippen molar-refractivity contribution in [3.05, 3.63) is 23.2 Å². The molecule has 0 saturated carbocycles. The van der Waals surface area contributed by atoms with E-state index in [9.17, 15) is 14.4 Å². The molecule has 1 aromatic heterocycles. The fourth-order valence-corrected chi connectivity index (χ4v) is 3.26. The van der Waals surface area contributed by atoms with Crippen molar-refractivity contribution in [2.45, 2.75) is 32.7 Å². The zero-order chi connectivity index (χ0) is 16.6. The number of fused-ring (bicyclic) bond motifs is 1. The van der Waals surface area contributed by atoms with Crippen molar-refractivity contribution in [1.29, 1.82) is 0 Å². The molecule has 0 spiro atoms. The number of nitrogens with one attached hydrogen (secondary N) is 2. The molecule has 0 radical (unpaired) electrons. The predicted molar refractivity (Wildman–Crippen MR) is 82.0 cm³/mol. The molecule has 3 rings (SSSR count). The third-order valence-corrected chi connectivity index (χ3v) is 4.33. The first-order chi connectivity index (χ1) is 11.0. The fourth-order valence-electron chi connectivity index (χ4n) is 3.26. The van der Waals surface area contributed by atoms with Crippen LogP contribution in [0.2, 0.25) is 0 Å². The second-order valence-electron chi connectivity index (χ2n) is 6.29. The minimum absolute atomic E-state index is 0.0198. The summed E-state index contributed by atoms with van der Waals surface area (Å²) < 4.78 is 5.41. The summed E-state index contributed by atoms with van der Waals surface area (Å²) in [4.78, 5) is 38.9. The molecule has 1 unspecified atom stereocenters. The van der Waals surface area contributed by atoms with Gasteiger partial charge < -0.3 is 20.0 Å². The molecule has 3 heterocycles. The summed E-state index contributed by atoms with van der Waals surface area (Å²) in [5, 5.41) is 5.57. The number of carbonyl (C=O) groups excluding carboxylic acids is 3. The molecule has 2 N–H and O–H groups in total. The van der Waals surface area contributed by atoms with Gasteiger partial charge in [0.25, 0.3) is 11.8 Å². The molecular weight excluding hydrogens is 298 g/mol. The maximum Gasteiger partial charge on any atom is 0.258 e. The van der Waals surface area contributed by atoms with Crippen molar-refractivity contribution >= 4 is 17.7 Å². The van der Waals surface area contributed by atoms with Gasteiger partial charge in [0.2, 0.25) is 5.91 Å². The highest BCUT2D eigenvalue weighted by Crippen LogP contribution is 2.25. The van der Waals surface area contributed by atoms with E-state index in [-0.39, 0.29) is 29.2 Å². The smallest absolute Gasteiger partial charge is 0.258 e. The summed E-state index contributed by atoms with van der Waals surface area (Å²) in [5.74, 6) is -0.231. The Morgan fingerprint density at radius 2 is 2.09 bits per heavy atom. The maximum atomic E-state index is 13.0. The zero-order valence-corrected chi connectivity index (χ0v) is 13.3. The monoisotopic (exact) mass is 319 g/mol. The highest BCUT2D eigenvalue weighted by atomic mass is 16.3. The molecule has 0 aliphatic carbocycles. The third-order valence-electron chi connectivity index (χ3n) is 4.33. The first kappa shape index (κ1) is 15.6. The van der Waals surface area contributed by atoms with E-state index in [1.807, 2.05) is 13.8 Å². The van der Waals surface area contributed by atoms with E-state index < -0.39 is 6.04 Å². The van der Waals surface area contributed by atoms with E-state index in [0.717, 1.165) is 0 Å². The molecule has 3 amide bonds. The van der Waals surface area contributed by atoms with Gasteiger partial charge in [-0.15, -0.1) is 0 Å². The topological polar surface area (TPSA) is 91.7 Å². The number of carbonyl (C=O) groups is 3. The molecule has 124 valence electrons. The maximum absolute atomic E-state index is 13.0. The van der Waals surface area contributed by atoms with Crippen LogP contribution >= 0.6 is 0 Å². The quantitative estimate of drug-likeness (QED) is 0.833. The SMILES string of the molecule is CC(C)C1C(=O)NCCCN1C(=O)c1coc2c1C(=O)NCC2. The molecule has 0 bridgehead atoms. The van der Waals surface area contributed by atoms with Crippen molar-refractivity contribution in [2.24, 2.45) is 5.92 Å². The van der Waals surface area contributed by atoms with Gasteiger partial charge in [0.15, 0.2) is 0 Å². The summed E-state index contributed by atoms with van der Waals surface area (Å²) >= 11 is 0. The van der Waals surface area contributed by atoms with Gasteiger partial charge in [-0.1, -0.05) is 13.8 Å². The number of rotatable bonds is 2. The van der Waals surface area contributed by atoms with E-state index in [2.05, 4.69) is 10.6 Å². The summed E-state index contributed by atoms with van der Waals surface area (Å²) in [6.45, 7) is 5.35. The molecule has 1 aromatic rings. The van der Waals surface area contributed by atoms with Gasteiger partial charge >= 0.3 is 0 Å². The van der Waals surface area contributed by atoms with Gasteiger partial charge in [-0.05, 0) is 12.3 Å². The molecule has 1 atom stereocenters. The minimum atomic E-state index is -0.540. The van der Waals surface area contributed by atoms with Crippen molar-refractivity contribution in [1.82, 2.24) is 15.5 Å². The molecule has 1 fully saturated rings. The Hall–Kier alpha value is -2.31. The van der Waals surface area contributed by atoms with Crippen LogP contribution in [0.15, 0.2) is 10.7 Å². The second kappa shape index (κ2) is 6.06. The molecule has 2 aliphatic heterocycles. The summed E-state index contributed by atoms with van der Waals surface area (Å²) in [6, 6.07) is -0.540. The van der Waals surface area contributed by atoms with Crippen LogP contribution in [0.5, 0.6) is 0 Å². The average Bonchev–Trinajstić information content (AvgIpc) is 2.84. The third kappa shape index (κ3) is 2.71. The van der Waals surface area contributed by atoms with Gasteiger partial charge in [0.05, 0.1) is 11.1 Å². The molecular formula is C16H21N3O4.